The Morgan fingerprint density at radius 1 is 1.38 bits per heavy atom. The van der Waals surface area contributed by atoms with Gasteiger partial charge in [-0.15, -0.1) is 0 Å². The third kappa shape index (κ3) is 5.32. The Labute approximate surface area is 97.0 Å². The first kappa shape index (κ1) is 15.2. The molecule has 0 fully saturated rings. The quantitative estimate of drug-likeness (QED) is 0.786. The summed E-state index contributed by atoms with van der Waals surface area (Å²) in [6, 6.07) is 0. The van der Waals surface area contributed by atoms with Crippen LogP contribution >= 0.6 is 0 Å². The third-order valence-corrected chi connectivity index (χ3v) is 3.45. The van der Waals surface area contributed by atoms with Gasteiger partial charge in [-0.05, 0) is 20.8 Å². The van der Waals surface area contributed by atoms with E-state index in [1.165, 1.54) is 11.4 Å². The summed E-state index contributed by atoms with van der Waals surface area (Å²) < 4.78 is 28.7. The average molecular weight is 252 g/mol. The standard InChI is InChI=1S/C9H20N2O4S/c1-9(2,3)11(16(5,13)14)7-6-10-8(12)15-4/h6-7H2,1-5H3,(H,10,12). The molecular formula is C9H20N2O4S. The van der Waals surface area contributed by atoms with Crippen molar-refractivity contribution in [2.75, 3.05) is 26.5 Å². The molecule has 0 saturated heterocycles. The number of methoxy groups -OCH3 is 1. The van der Waals surface area contributed by atoms with Crippen LogP contribution in [0.5, 0.6) is 0 Å². The third-order valence-electron chi connectivity index (χ3n) is 1.92. The number of sulfonamides is 1. The number of hydrogen-bond donors (Lipinski definition) is 1. The van der Waals surface area contributed by atoms with E-state index in [-0.39, 0.29) is 13.1 Å². The van der Waals surface area contributed by atoms with E-state index in [1.807, 2.05) is 0 Å². The lowest BCUT2D eigenvalue weighted by atomic mass is 10.1. The topological polar surface area (TPSA) is 75.7 Å². The molecule has 0 heterocycles. The number of carbonyl (C=O) groups excluding carboxylic acids is 1. The van der Waals surface area contributed by atoms with Crippen LogP contribution in [0.3, 0.4) is 0 Å². The second-order valence-corrected chi connectivity index (χ2v) is 6.33. The predicted molar refractivity (Wildman–Crippen MR) is 61.7 cm³/mol. The lowest BCUT2D eigenvalue weighted by Gasteiger charge is -2.33. The van der Waals surface area contributed by atoms with Gasteiger partial charge in [0.15, 0.2) is 0 Å². The van der Waals surface area contributed by atoms with E-state index in [0.29, 0.717) is 0 Å². The molecule has 0 rings (SSSR count). The molecular weight excluding hydrogens is 232 g/mol. The van der Waals surface area contributed by atoms with Gasteiger partial charge in [0.2, 0.25) is 10.0 Å². The Morgan fingerprint density at radius 2 is 1.88 bits per heavy atom. The predicted octanol–water partition coefficient (Wildman–Crippen LogP) is 0.402. The largest absolute Gasteiger partial charge is 0.453 e. The van der Waals surface area contributed by atoms with Crippen molar-refractivity contribution in [3.8, 4) is 0 Å². The van der Waals surface area contributed by atoms with Gasteiger partial charge in [-0.1, -0.05) is 0 Å². The van der Waals surface area contributed by atoms with E-state index in [1.54, 1.807) is 20.8 Å². The SMILES string of the molecule is COC(=O)NCCN(C(C)(C)C)S(C)(=O)=O. The van der Waals surface area contributed by atoms with E-state index < -0.39 is 21.7 Å². The summed E-state index contributed by atoms with van der Waals surface area (Å²) in [4.78, 5) is 10.8. The van der Waals surface area contributed by atoms with Gasteiger partial charge in [0.1, 0.15) is 0 Å². The number of hydrogen-bond acceptors (Lipinski definition) is 4. The van der Waals surface area contributed by atoms with Gasteiger partial charge >= 0.3 is 6.09 Å². The van der Waals surface area contributed by atoms with Gasteiger partial charge in [0.25, 0.3) is 0 Å². The molecule has 7 heteroatoms. The van der Waals surface area contributed by atoms with Crippen molar-refractivity contribution in [2.24, 2.45) is 0 Å². The molecule has 0 aromatic rings. The number of amides is 1. The second kappa shape index (κ2) is 5.49. The molecule has 0 aromatic heterocycles. The summed E-state index contributed by atoms with van der Waals surface area (Å²) in [6.45, 7) is 5.83. The Balaban J connectivity index is 4.44. The van der Waals surface area contributed by atoms with Gasteiger partial charge in [0, 0.05) is 18.6 Å². The highest BCUT2D eigenvalue weighted by molar-refractivity contribution is 7.88. The molecule has 0 saturated carbocycles. The number of carbonyl (C=O) groups is 1. The van der Waals surface area contributed by atoms with Gasteiger partial charge in [-0.2, -0.15) is 4.31 Å². The zero-order valence-electron chi connectivity index (χ0n) is 10.4. The maximum absolute atomic E-state index is 11.5. The highest BCUT2D eigenvalue weighted by Gasteiger charge is 2.28. The van der Waals surface area contributed by atoms with Crippen molar-refractivity contribution >= 4 is 16.1 Å². The summed E-state index contributed by atoms with van der Waals surface area (Å²) in [6.07, 6.45) is 0.582. The molecule has 0 atom stereocenters. The maximum Gasteiger partial charge on any atom is 0.406 e. The molecule has 0 bridgehead atoms. The fourth-order valence-corrected chi connectivity index (χ4v) is 2.75. The number of ether oxygens (including phenoxy) is 1. The maximum atomic E-state index is 11.5. The minimum absolute atomic E-state index is 0.219. The van der Waals surface area contributed by atoms with Crippen LogP contribution in [0.2, 0.25) is 0 Å². The monoisotopic (exact) mass is 252 g/mol. The number of nitrogens with one attached hydrogen (secondary N) is 1. The van der Waals surface area contributed by atoms with Crippen molar-refractivity contribution < 1.29 is 17.9 Å². The highest BCUT2D eigenvalue weighted by atomic mass is 32.2. The number of alkyl carbamates (subject to hydrolysis) is 1. The molecule has 96 valence electrons. The molecule has 1 amide bonds. The zero-order valence-corrected chi connectivity index (χ0v) is 11.2. The first-order chi connectivity index (χ1) is 7.09. The average Bonchev–Trinajstić information content (AvgIpc) is 2.07. The van der Waals surface area contributed by atoms with Gasteiger partial charge < -0.3 is 10.1 Å². The lowest BCUT2D eigenvalue weighted by molar-refractivity contribution is 0.168. The van der Waals surface area contributed by atoms with Crippen molar-refractivity contribution in [3.63, 3.8) is 0 Å². The van der Waals surface area contributed by atoms with Gasteiger partial charge in [0.05, 0.1) is 13.4 Å². The number of nitrogens with zero attached hydrogens (tertiary/aromatic N) is 1. The van der Waals surface area contributed by atoms with Crippen molar-refractivity contribution in [1.29, 1.82) is 0 Å². The van der Waals surface area contributed by atoms with Crippen molar-refractivity contribution in [3.05, 3.63) is 0 Å². The minimum Gasteiger partial charge on any atom is -0.453 e. The molecule has 1 N–H and O–H groups in total. The molecule has 16 heavy (non-hydrogen) atoms. The first-order valence-electron chi connectivity index (χ1n) is 4.88. The number of rotatable bonds is 4. The molecule has 0 aliphatic rings. The van der Waals surface area contributed by atoms with Crippen LogP contribution in [0, 0.1) is 0 Å². The van der Waals surface area contributed by atoms with E-state index in [9.17, 15) is 13.2 Å². The lowest BCUT2D eigenvalue weighted by Crippen LogP contribution is -2.48. The Kier molecular flexibility index (Phi) is 5.21. The summed E-state index contributed by atoms with van der Waals surface area (Å²) in [7, 11) is -2.03. The van der Waals surface area contributed by atoms with Crippen LogP contribution in [0.4, 0.5) is 4.79 Å². The normalized spacial score (nSPS) is 12.6. The van der Waals surface area contributed by atoms with Crippen LogP contribution < -0.4 is 5.32 Å². The Bertz CT molecular complexity index is 332. The molecule has 0 aromatic carbocycles. The van der Waals surface area contributed by atoms with E-state index in [4.69, 9.17) is 0 Å². The summed E-state index contributed by atoms with van der Waals surface area (Å²) >= 11 is 0. The van der Waals surface area contributed by atoms with E-state index in [0.717, 1.165) is 6.26 Å². The second-order valence-electron chi connectivity index (χ2n) is 4.42. The summed E-state index contributed by atoms with van der Waals surface area (Å²) in [5.74, 6) is 0. The van der Waals surface area contributed by atoms with Crippen LogP contribution in [-0.2, 0) is 14.8 Å². The van der Waals surface area contributed by atoms with Crippen LogP contribution in [0.1, 0.15) is 20.8 Å². The smallest absolute Gasteiger partial charge is 0.406 e. The fourth-order valence-electron chi connectivity index (χ4n) is 1.33. The fraction of sp³-hybridized carbons (Fsp3) is 0.889. The molecule has 0 radical (unpaired) electrons. The van der Waals surface area contributed by atoms with Crippen molar-refractivity contribution in [2.45, 2.75) is 26.3 Å². The Hall–Kier alpha value is -0.820. The van der Waals surface area contributed by atoms with Crippen LogP contribution in [0.25, 0.3) is 0 Å². The van der Waals surface area contributed by atoms with E-state index in [2.05, 4.69) is 10.1 Å². The van der Waals surface area contributed by atoms with Crippen molar-refractivity contribution in [1.82, 2.24) is 9.62 Å². The Morgan fingerprint density at radius 3 is 2.19 bits per heavy atom. The van der Waals surface area contributed by atoms with Crippen LogP contribution in [-0.4, -0.2) is 50.8 Å². The van der Waals surface area contributed by atoms with Gasteiger partial charge in [-0.25, -0.2) is 13.2 Å². The van der Waals surface area contributed by atoms with E-state index >= 15 is 0 Å². The summed E-state index contributed by atoms with van der Waals surface area (Å²) in [5, 5.41) is 2.44. The molecule has 6 nitrogen and oxygen atoms in total. The highest BCUT2D eigenvalue weighted by Crippen LogP contribution is 2.16. The minimum atomic E-state index is -3.29. The van der Waals surface area contributed by atoms with Gasteiger partial charge in [-0.3, -0.25) is 0 Å². The molecule has 0 unspecified atom stereocenters. The van der Waals surface area contributed by atoms with Crippen LogP contribution in [0.15, 0.2) is 0 Å². The molecule has 0 aliphatic heterocycles. The summed E-state index contributed by atoms with van der Waals surface area (Å²) in [5.41, 5.74) is -0.509. The molecule has 0 aliphatic carbocycles. The first-order valence-corrected chi connectivity index (χ1v) is 6.73. The zero-order chi connectivity index (χ0) is 13.0. The molecule has 0 spiro atoms.